The fourth-order valence-corrected chi connectivity index (χ4v) is 1.04. The molecule has 0 radical (unpaired) electrons. The molecular weight excluding hydrogens is 134 g/mol. The number of allylic oxidation sites excluding steroid dienone is 1. The predicted octanol–water partition coefficient (Wildman–Crippen LogP) is 2.86. The molecule has 0 saturated carbocycles. The minimum absolute atomic E-state index is 0.395. The Bertz CT molecular complexity index is 107. The monoisotopic (exact) mass is 155 g/mol. The van der Waals surface area contributed by atoms with Crippen molar-refractivity contribution in [2.24, 2.45) is 5.73 Å². The van der Waals surface area contributed by atoms with E-state index in [1.807, 2.05) is 0 Å². The van der Waals surface area contributed by atoms with Crippen LogP contribution in [0.3, 0.4) is 0 Å². The lowest BCUT2D eigenvalue weighted by Gasteiger charge is -2.09. The molecule has 1 nitrogen and oxygen atoms in total. The molecule has 0 bridgehead atoms. The Balaban J connectivity index is 3.22. The molecule has 1 atom stereocenters. The van der Waals surface area contributed by atoms with Crippen LogP contribution in [0.25, 0.3) is 0 Å². The molecule has 0 rings (SSSR count). The van der Waals surface area contributed by atoms with Gasteiger partial charge < -0.3 is 5.73 Å². The van der Waals surface area contributed by atoms with Crippen LogP contribution in [0.4, 0.5) is 0 Å². The highest BCUT2D eigenvalue weighted by Crippen LogP contribution is 2.07. The summed E-state index contributed by atoms with van der Waals surface area (Å²) in [4.78, 5) is 0. The highest BCUT2D eigenvalue weighted by Gasteiger charge is 2.00. The van der Waals surface area contributed by atoms with Gasteiger partial charge in [-0.2, -0.15) is 0 Å². The van der Waals surface area contributed by atoms with Crippen molar-refractivity contribution in [2.75, 3.05) is 0 Å². The summed E-state index contributed by atoms with van der Waals surface area (Å²) in [6.07, 6.45) is 5.88. The fourth-order valence-electron chi connectivity index (χ4n) is 1.04. The summed E-state index contributed by atoms with van der Waals surface area (Å²) in [5, 5.41) is 0. The van der Waals surface area contributed by atoms with Gasteiger partial charge in [-0.3, -0.25) is 0 Å². The van der Waals surface area contributed by atoms with Gasteiger partial charge in [-0.25, -0.2) is 0 Å². The quantitative estimate of drug-likeness (QED) is 0.586. The standard InChI is InChI=1S/C10H21N/c1-4-5-6-10(11)8-7-9(2)3/h10H,2,4-8,11H2,1,3H3. The Morgan fingerprint density at radius 1 is 1.45 bits per heavy atom. The van der Waals surface area contributed by atoms with Crippen LogP contribution in [0.15, 0.2) is 12.2 Å². The molecule has 2 N–H and O–H groups in total. The summed E-state index contributed by atoms with van der Waals surface area (Å²) in [7, 11) is 0. The molecule has 0 fully saturated rings. The lowest BCUT2D eigenvalue weighted by Crippen LogP contribution is -2.19. The summed E-state index contributed by atoms with van der Waals surface area (Å²) >= 11 is 0. The summed E-state index contributed by atoms with van der Waals surface area (Å²) in [6, 6.07) is 0.395. The maximum atomic E-state index is 5.87. The van der Waals surface area contributed by atoms with Gasteiger partial charge in [-0.15, -0.1) is 6.58 Å². The molecule has 0 aromatic heterocycles. The Labute approximate surface area is 70.7 Å². The number of hydrogen-bond donors (Lipinski definition) is 1. The molecule has 0 aliphatic carbocycles. The van der Waals surface area contributed by atoms with Crippen LogP contribution < -0.4 is 5.73 Å². The molecule has 1 heteroatoms. The minimum atomic E-state index is 0.395. The van der Waals surface area contributed by atoms with Gasteiger partial charge in [-0.05, 0) is 26.2 Å². The van der Waals surface area contributed by atoms with E-state index in [1.54, 1.807) is 0 Å². The third-order valence-electron chi connectivity index (χ3n) is 1.87. The molecule has 0 amide bonds. The SMILES string of the molecule is C=C(C)CCC(N)CCCC. The third-order valence-corrected chi connectivity index (χ3v) is 1.87. The summed E-state index contributed by atoms with van der Waals surface area (Å²) < 4.78 is 0. The van der Waals surface area contributed by atoms with E-state index in [4.69, 9.17) is 5.73 Å². The smallest absolute Gasteiger partial charge is 0.00418 e. The molecule has 0 aliphatic rings. The topological polar surface area (TPSA) is 26.0 Å². The first kappa shape index (κ1) is 10.7. The number of nitrogens with two attached hydrogens (primary N) is 1. The van der Waals surface area contributed by atoms with Crippen molar-refractivity contribution in [3.05, 3.63) is 12.2 Å². The van der Waals surface area contributed by atoms with E-state index in [-0.39, 0.29) is 0 Å². The molecule has 0 aromatic carbocycles. The van der Waals surface area contributed by atoms with Crippen LogP contribution in [-0.2, 0) is 0 Å². The molecule has 0 saturated heterocycles. The largest absolute Gasteiger partial charge is 0.328 e. The predicted molar refractivity (Wildman–Crippen MR) is 51.5 cm³/mol. The molecule has 0 aliphatic heterocycles. The maximum absolute atomic E-state index is 5.87. The van der Waals surface area contributed by atoms with Crippen molar-refractivity contribution in [1.29, 1.82) is 0 Å². The first-order chi connectivity index (χ1) is 5.16. The van der Waals surface area contributed by atoms with E-state index in [0.717, 1.165) is 12.8 Å². The van der Waals surface area contributed by atoms with Crippen molar-refractivity contribution in [3.8, 4) is 0 Å². The van der Waals surface area contributed by atoms with E-state index >= 15 is 0 Å². The maximum Gasteiger partial charge on any atom is 0.00418 e. The van der Waals surface area contributed by atoms with E-state index in [9.17, 15) is 0 Å². The second kappa shape index (κ2) is 6.41. The summed E-state index contributed by atoms with van der Waals surface area (Å²) in [5.41, 5.74) is 7.11. The first-order valence-corrected chi connectivity index (χ1v) is 4.56. The summed E-state index contributed by atoms with van der Waals surface area (Å²) in [5.74, 6) is 0. The summed E-state index contributed by atoms with van der Waals surface area (Å²) in [6.45, 7) is 8.11. The van der Waals surface area contributed by atoms with Gasteiger partial charge in [0.1, 0.15) is 0 Å². The van der Waals surface area contributed by atoms with Crippen LogP contribution in [0.5, 0.6) is 0 Å². The van der Waals surface area contributed by atoms with Crippen LogP contribution in [-0.4, -0.2) is 6.04 Å². The van der Waals surface area contributed by atoms with Crippen molar-refractivity contribution in [1.82, 2.24) is 0 Å². The van der Waals surface area contributed by atoms with Gasteiger partial charge in [0.2, 0.25) is 0 Å². The number of unbranched alkanes of at least 4 members (excludes halogenated alkanes) is 1. The second-order valence-corrected chi connectivity index (χ2v) is 3.40. The van der Waals surface area contributed by atoms with Gasteiger partial charge in [0, 0.05) is 6.04 Å². The Kier molecular flexibility index (Phi) is 6.24. The Hall–Kier alpha value is -0.300. The number of rotatable bonds is 6. The van der Waals surface area contributed by atoms with Crippen LogP contribution in [0, 0.1) is 0 Å². The van der Waals surface area contributed by atoms with E-state index in [2.05, 4.69) is 20.4 Å². The van der Waals surface area contributed by atoms with Gasteiger partial charge in [0.05, 0.1) is 0 Å². The third kappa shape index (κ3) is 7.60. The average Bonchev–Trinajstić information content (AvgIpc) is 1.97. The average molecular weight is 155 g/mol. The zero-order chi connectivity index (χ0) is 8.69. The molecule has 0 spiro atoms. The lowest BCUT2D eigenvalue weighted by molar-refractivity contribution is 0.540. The molecule has 11 heavy (non-hydrogen) atoms. The van der Waals surface area contributed by atoms with E-state index < -0.39 is 0 Å². The molecule has 66 valence electrons. The Morgan fingerprint density at radius 2 is 2.09 bits per heavy atom. The lowest BCUT2D eigenvalue weighted by atomic mass is 10.0. The highest BCUT2D eigenvalue weighted by atomic mass is 14.6. The van der Waals surface area contributed by atoms with Crippen LogP contribution in [0.2, 0.25) is 0 Å². The molecular formula is C10H21N. The van der Waals surface area contributed by atoms with Gasteiger partial charge >= 0.3 is 0 Å². The van der Waals surface area contributed by atoms with E-state index in [0.29, 0.717) is 6.04 Å². The number of hydrogen-bond acceptors (Lipinski definition) is 1. The first-order valence-electron chi connectivity index (χ1n) is 4.56. The van der Waals surface area contributed by atoms with E-state index in [1.165, 1.54) is 24.8 Å². The van der Waals surface area contributed by atoms with Crippen molar-refractivity contribution >= 4 is 0 Å². The van der Waals surface area contributed by atoms with Gasteiger partial charge in [-0.1, -0.05) is 25.3 Å². The molecule has 0 heterocycles. The molecule has 1 unspecified atom stereocenters. The highest BCUT2D eigenvalue weighted by molar-refractivity contribution is 4.88. The molecule has 0 aromatic rings. The minimum Gasteiger partial charge on any atom is -0.328 e. The Morgan fingerprint density at radius 3 is 2.55 bits per heavy atom. The van der Waals surface area contributed by atoms with Crippen molar-refractivity contribution in [3.63, 3.8) is 0 Å². The van der Waals surface area contributed by atoms with Crippen LogP contribution in [0.1, 0.15) is 46.0 Å². The fraction of sp³-hybridized carbons (Fsp3) is 0.800. The van der Waals surface area contributed by atoms with Gasteiger partial charge in [0.25, 0.3) is 0 Å². The van der Waals surface area contributed by atoms with Crippen molar-refractivity contribution < 1.29 is 0 Å². The second-order valence-electron chi connectivity index (χ2n) is 3.40. The zero-order valence-electron chi connectivity index (χ0n) is 7.90. The zero-order valence-corrected chi connectivity index (χ0v) is 7.90. The van der Waals surface area contributed by atoms with Crippen molar-refractivity contribution in [2.45, 2.75) is 52.0 Å². The normalized spacial score (nSPS) is 13.0. The van der Waals surface area contributed by atoms with Gasteiger partial charge in [0.15, 0.2) is 0 Å². The van der Waals surface area contributed by atoms with Crippen LogP contribution >= 0.6 is 0 Å².